The molecule has 8 nitrogen and oxygen atoms in total. The molecule has 2 saturated heterocycles. The molecule has 204 valence electrons. The second-order valence-corrected chi connectivity index (χ2v) is 11.9. The Morgan fingerprint density at radius 3 is 2.59 bits per heavy atom. The number of likely N-dealkylation sites (tertiary alicyclic amines) is 2. The highest BCUT2D eigenvalue weighted by Crippen LogP contribution is 2.38. The second kappa shape index (κ2) is 11.7. The first kappa shape index (κ1) is 26.4. The fourth-order valence-corrected chi connectivity index (χ4v) is 6.83. The minimum absolute atomic E-state index is 0.160. The summed E-state index contributed by atoms with van der Waals surface area (Å²) < 4.78 is 2.38. The highest BCUT2D eigenvalue weighted by Gasteiger charge is 2.33. The van der Waals surface area contributed by atoms with Crippen LogP contribution in [0.1, 0.15) is 95.6 Å². The van der Waals surface area contributed by atoms with E-state index in [4.69, 9.17) is 9.97 Å². The maximum atomic E-state index is 13.2. The second-order valence-electron chi connectivity index (χ2n) is 11.9. The summed E-state index contributed by atoms with van der Waals surface area (Å²) in [6.07, 6.45) is 14.2. The van der Waals surface area contributed by atoms with E-state index < -0.39 is 0 Å². The number of rotatable bonds is 7. The van der Waals surface area contributed by atoms with Crippen LogP contribution in [0.3, 0.4) is 0 Å². The Morgan fingerprint density at radius 2 is 1.89 bits per heavy atom. The van der Waals surface area contributed by atoms with Gasteiger partial charge in [-0.25, -0.2) is 4.98 Å². The number of carbonyl (C=O) groups excluding carboxylic acids is 1. The number of anilines is 1. The molecule has 5 rings (SSSR count). The summed E-state index contributed by atoms with van der Waals surface area (Å²) >= 11 is 0. The van der Waals surface area contributed by atoms with Gasteiger partial charge < -0.3 is 24.8 Å². The van der Waals surface area contributed by atoms with E-state index in [2.05, 4.69) is 46.8 Å². The molecule has 2 aromatic rings. The predicted octanol–water partition coefficient (Wildman–Crippen LogP) is 4.56. The van der Waals surface area contributed by atoms with Crippen LogP contribution in [-0.4, -0.2) is 80.7 Å². The maximum absolute atomic E-state index is 13.2. The number of hydrogen-bond acceptors (Lipinski definition) is 6. The molecule has 3 fully saturated rings. The summed E-state index contributed by atoms with van der Waals surface area (Å²) in [7, 11) is 2.13. The van der Waals surface area contributed by atoms with Crippen molar-refractivity contribution >= 4 is 22.9 Å². The van der Waals surface area contributed by atoms with Crippen molar-refractivity contribution in [1.82, 2.24) is 24.3 Å². The van der Waals surface area contributed by atoms with Gasteiger partial charge in [-0.05, 0) is 89.8 Å². The number of amides is 1. The van der Waals surface area contributed by atoms with Gasteiger partial charge in [-0.1, -0.05) is 13.3 Å². The molecule has 2 aromatic heterocycles. The predicted molar refractivity (Wildman–Crippen MR) is 148 cm³/mol. The molecule has 2 N–H and O–H groups in total. The van der Waals surface area contributed by atoms with E-state index in [0.29, 0.717) is 29.9 Å². The number of carbonyl (C=O) groups is 1. The summed E-state index contributed by atoms with van der Waals surface area (Å²) in [6, 6.07) is 0.696. The highest BCUT2D eigenvalue weighted by atomic mass is 16.3. The van der Waals surface area contributed by atoms with Crippen molar-refractivity contribution in [3.05, 3.63) is 18.0 Å². The fourth-order valence-electron chi connectivity index (χ4n) is 6.83. The van der Waals surface area contributed by atoms with Crippen molar-refractivity contribution in [1.29, 1.82) is 0 Å². The lowest BCUT2D eigenvalue weighted by molar-refractivity contribution is -0.138. The van der Waals surface area contributed by atoms with Gasteiger partial charge in [0.15, 0.2) is 0 Å². The van der Waals surface area contributed by atoms with Crippen LogP contribution in [-0.2, 0) is 4.79 Å². The Labute approximate surface area is 221 Å². The molecule has 37 heavy (non-hydrogen) atoms. The Bertz CT molecular complexity index is 1050. The normalized spacial score (nSPS) is 26.9. The molecule has 2 atom stereocenters. The van der Waals surface area contributed by atoms with Crippen LogP contribution in [0.15, 0.2) is 12.4 Å². The molecular weight excluding hydrogens is 464 g/mol. The summed E-state index contributed by atoms with van der Waals surface area (Å²) in [5, 5.41) is 14.7. The van der Waals surface area contributed by atoms with Gasteiger partial charge in [-0.2, -0.15) is 4.98 Å². The maximum Gasteiger partial charge on any atom is 0.226 e. The largest absolute Gasteiger partial charge is 0.393 e. The van der Waals surface area contributed by atoms with E-state index in [0.717, 1.165) is 101 Å². The third-order valence-electron chi connectivity index (χ3n) is 8.98. The van der Waals surface area contributed by atoms with Crippen molar-refractivity contribution in [3.8, 4) is 0 Å². The first-order valence-electron chi connectivity index (χ1n) is 14.7. The monoisotopic (exact) mass is 510 g/mol. The summed E-state index contributed by atoms with van der Waals surface area (Å²) in [5.41, 5.74) is 2.35. The summed E-state index contributed by atoms with van der Waals surface area (Å²) in [5.74, 6) is 1.63. The zero-order valence-corrected chi connectivity index (χ0v) is 23.0. The lowest BCUT2D eigenvalue weighted by atomic mass is 9.88. The Morgan fingerprint density at radius 1 is 1.14 bits per heavy atom. The number of aliphatic hydroxyl groups is 1. The van der Waals surface area contributed by atoms with Crippen molar-refractivity contribution in [2.75, 3.05) is 38.5 Å². The number of aromatic nitrogens is 3. The van der Waals surface area contributed by atoms with Gasteiger partial charge in [-0.15, -0.1) is 0 Å². The SMILES string of the molecule is CCC[C@H](C)Nc1ncc2c(C3CCN(C(=O)[C@@H]4CCCN(C)C4)CC3)cn(C3CCC(O)CC3)c2n1. The molecule has 2 aliphatic heterocycles. The number of aliphatic hydroxyl groups excluding tert-OH is 1. The number of hydrogen-bond donors (Lipinski definition) is 2. The molecule has 1 aliphatic carbocycles. The quantitative estimate of drug-likeness (QED) is 0.568. The molecule has 0 aromatic carbocycles. The summed E-state index contributed by atoms with van der Waals surface area (Å²) in [4.78, 5) is 27.4. The third kappa shape index (κ3) is 5.95. The van der Waals surface area contributed by atoms with Crippen LogP contribution >= 0.6 is 0 Å². The van der Waals surface area contributed by atoms with Crippen molar-refractivity contribution in [3.63, 3.8) is 0 Å². The first-order valence-corrected chi connectivity index (χ1v) is 14.7. The molecular formula is C29H46N6O2. The van der Waals surface area contributed by atoms with Crippen LogP contribution in [0.25, 0.3) is 11.0 Å². The Hall–Kier alpha value is -2.19. The number of nitrogens with one attached hydrogen (secondary N) is 1. The van der Waals surface area contributed by atoms with Gasteiger partial charge in [0.1, 0.15) is 5.65 Å². The van der Waals surface area contributed by atoms with Crippen molar-refractivity contribution in [2.24, 2.45) is 5.92 Å². The third-order valence-corrected chi connectivity index (χ3v) is 8.98. The molecule has 0 radical (unpaired) electrons. The van der Waals surface area contributed by atoms with Gasteiger partial charge in [0.25, 0.3) is 0 Å². The Balaban J connectivity index is 1.35. The average Bonchev–Trinajstić information content (AvgIpc) is 3.28. The lowest BCUT2D eigenvalue weighted by Crippen LogP contribution is -2.46. The van der Waals surface area contributed by atoms with Gasteiger partial charge >= 0.3 is 0 Å². The minimum atomic E-state index is -0.176. The molecule has 1 amide bonds. The van der Waals surface area contributed by atoms with Gasteiger partial charge in [0, 0.05) is 49.5 Å². The van der Waals surface area contributed by atoms with Gasteiger partial charge in [-0.3, -0.25) is 4.79 Å². The van der Waals surface area contributed by atoms with Crippen molar-refractivity contribution in [2.45, 2.75) is 102 Å². The lowest BCUT2D eigenvalue weighted by Gasteiger charge is -2.37. The van der Waals surface area contributed by atoms with E-state index in [-0.39, 0.29) is 12.0 Å². The van der Waals surface area contributed by atoms with Gasteiger partial charge in [0.05, 0.1) is 12.0 Å². The smallest absolute Gasteiger partial charge is 0.226 e. The fraction of sp³-hybridized carbons (Fsp3) is 0.759. The Kier molecular flexibility index (Phi) is 8.34. The van der Waals surface area contributed by atoms with E-state index in [1.54, 1.807) is 0 Å². The molecule has 0 spiro atoms. The standard InChI is InChI=1S/C29H46N6O2/c1-4-6-20(2)31-29-30-17-25-26(19-35(27(25)32-29)23-8-10-24(36)11-9-23)21-12-15-34(16-13-21)28(37)22-7-5-14-33(3)18-22/h17,19-24,36H,4-16,18H2,1-3H3,(H,30,31,32)/t20-,22+,23?,24?/m0/s1. The van der Waals surface area contributed by atoms with Crippen LogP contribution in [0.4, 0.5) is 5.95 Å². The molecule has 4 heterocycles. The zero-order valence-electron chi connectivity index (χ0n) is 23.0. The number of nitrogens with zero attached hydrogens (tertiary/aromatic N) is 5. The highest BCUT2D eigenvalue weighted by molar-refractivity contribution is 5.82. The molecule has 0 unspecified atom stereocenters. The molecule has 1 saturated carbocycles. The van der Waals surface area contributed by atoms with E-state index >= 15 is 0 Å². The molecule has 0 bridgehead atoms. The van der Waals surface area contributed by atoms with E-state index in [1.807, 2.05) is 6.20 Å². The van der Waals surface area contributed by atoms with Gasteiger partial charge in [0.2, 0.25) is 11.9 Å². The zero-order chi connectivity index (χ0) is 25.9. The van der Waals surface area contributed by atoms with Crippen LogP contribution in [0.5, 0.6) is 0 Å². The van der Waals surface area contributed by atoms with Crippen LogP contribution < -0.4 is 5.32 Å². The molecule has 3 aliphatic rings. The number of piperidine rings is 2. The van der Waals surface area contributed by atoms with Crippen molar-refractivity contribution < 1.29 is 9.90 Å². The van der Waals surface area contributed by atoms with Crippen LogP contribution in [0, 0.1) is 5.92 Å². The van der Waals surface area contributed by atoms with E-state index in [9.17, 15) is 9.90 Å². The van der Waals surface area contributed by atoms with E-state index in [1.165, 1.54) is 5.56 Å². The van der Waals surface area contributed by atoms with Crippen LogP contribution in [0.2, 0.25) is 0 Å². The summed E-state index contributed by atoms with van der Waals surface area (Å²) in [6.45, 7) is 8.05. The first-order chi connectivity index (χ1) is 17.9. The average molecular weight is 511 g/mol. The minimum Gasteiger partial charge on any atom is -0.393 e. The number of fused-ring (bicyclic) bond motifs is 1. The topological polar surface area (TPSA) is 86.5 Å². The molecule has 8 heteroatoms.